The lowest BCUT2D eigenvalue weighted by Crippen LogP contribution is -2.56. The highest BCUT2D eigenvalue weighted by Crippen LogP contribution is 2.27. The normalized spacial score (nSPS) is 23.3. The van der Waals surface area contributed by atoms with Crippen molar-refractivity contribution >= 4 is 27.3 Å². The number of nitrogens with zero attached hydrogens (tertiary/aromatic N) is 1. The van der Waals surface area contributed by atoms with Gasteiger partial charge in [0.1, 0.15) is 11.9 Å². The second-order valence-electron chi connectivity index (χ2n) is 5.59. The molecule has 0 spiro atoms. The Bertz CT molecular complexity index is 710. The van der Waals surface area contributed by atoms with Crippen LogP contribution in [-0.2, 0) is 14.6 Å². The number of rotatable bonds is 4. The number of allylic oxidation sites excluding steroid dienone is 1. The summed E-state index contributed by atoms with van der Waals surface area (Å²) < 4.78 is 28.4. The maximum Gasteiger partial charge on any atom is 0.223 e. The lowest BCUT2D eigenvalue weighted by atomic mass is 10.0. The van der Waals surface area contributed by atoms with Gasteiger partial charge in [-0.05, 0) is 12.1 Å². The smallest absolute Gasteiger partial charge is 0.223 e. The van der Waals surface area contributed by atoms with Gasteiger partial charge in [0.2, 0.25) is 5.91 Å². The van der Waals surface area contributed by atoms with E-state index in [0.717, 1.165) is 0 Å². The molecular weight excluding hydrogens is 326 g/mol. The van der Waals surface area contributed by atoms with E-state index in [2.05, 4.69) is 0 Å². The van der Waals surface area contributed by atoms with Gasteiger partial charge in [-0.15, -0.1) is 0 Å². The molecule has 118 valence electrons. The SMILES string of the molecule is O=C(CC1C=CS(=O)(=O)C1)N1CC(Oc2ccccc2Cl)C1. The topological polar surface area (TPSA) is 63.7 Å². The molecule has 0 radical (unpaired) electrons. The minimum Gasteiger partial charge on any atom is -0.485 e. The molecule has 2 aliphatic rings. The summed E-state index contributed by atoms with van der Waals surface area (Å²) in [6, 6.07) is 7.22. The summed E-state index contributed by atoms with van der Waals surface area (Å²) >= 11 is 6.02. The van der Waals surface area contributed by atoms with Crippen LogP contribution in [0.5, 0.6) is 5.75 Å². The van der Waals surface area contributed by atoms with Gasteiger partial charge in [-0.2, -0.15) is 0 Å². The fourth-order valence-corrected chi connectivity index (χ4v) is 4.14. The van der Waals surface area contributed by atoms with E-state index in [1.165, 1.54) is 5.41 Å². The van der Waals surface area contributed by atoms with Crippen LogP contribution in [0.2, 0.25) is 5.02 Å². The first-order valence-electron chi connectivity index (χ1n) is 7.03. The molecule has 1 amide bonds. The first kappa shape index (κ1) is 15.4. The first-order chi connectivity index (χ1) is 10.4. The van der Waals surface area contributed by atoms with Crippen molar-refractivity contribution in [2.24, 2.45) is 5.92 Å². The van der Waals surface area contributed by atoms with Crippen LogP contribution < -0.4 is 4.74 Å². The van der Waals surface area contributed by atoms with E-state index < -0.39 is 9.84 Å². The number of carbonyl (C=O) groups excluding carboxylic acids is 1. The van der Waals surface area contributed by atoms with Crippen molar-refractivity contribution in [2.45, 2.75) is 12.5 Å². The molecule has 1 unspecified atom stereocenters. The first-order valence-corrected chi connectivity index (χ1v) is 9.12. The molecular formula is C15H16ClNO4S. The van der Waals surface area contributed by atoms with Crippen LogP contribution in [0.15, 0.2) is 35.7 Å². The van der Waals surface area contributed by atoms with E-state index in [1.807, 2.05) is 12.1 Å². The van der Waals surface area contributed by atoms with E-state index in [9.17, 15) is 13.2 Å². The van der Waals surface area contributed by atoms with Gasteiger partial charge in [0, 0.05) is 17.7 Å². The van der Waals surface area contributed by atoms with E-state index in [0.29, 0.717) is 23.9 Å². The highest BCUT2D eigenvalue weighted by Gasteiger charge is 2.34. The summed E-state index contributed by atoms with van der Waals surface area (Å²) in [6.07, 6.45) is 1.77. The van der Waals surface area contributed by atoms with E-state index in [4.69, 9.17) is 16.3 Å². The van der Waals surface area contributed by atoms with Crippen LogP contribution in [-0.4, -0.2) is 44.2 Å². The van der Waals surface area contributed by atoms with Crippen molar-refractivity contribution in [2.75, 3.05) is 18.8 Å². The molecule has 1 aromatic rings. The van der Waals surface area contributed by atoms with Gasteiger partial charge >= 0.3 is 0 Å². The highest BCUT2D eigenvalue weighted by atomic mass is 35.5. The standard InChI is InChI=1S/C15H16ClNO4S/c16-13-3-1-2-4-14(13)21-12-8-17(9-12)15(18)7-11-5-6-22(19,20)10-11/h1-6,11-12H,7-10H2. The predicted molar refractivity (Wildman–Crippen MR) is 83.5 cm³/mol. The van der Waals surface area contributed by atoms with Crippen molar-refractivity contribution < 1.29 is 17.9 Å². The van der Waals surface area contributed by atoms with Gasteiger partial charge in [-0.3, -0.25) is 4.79 Å². The van der Waals surface area contributed by atoms with Crippen molar-refractivity contribution in [3.63, 3.8) is 0 Å². The summed E-state index contributed by atoms with van der Waals surface area (Å²) in [6.45, 7) is 1.01. The van der Waals surface area contributed by atoms with Gasteiger partial charge in [-0.25, -0.2) is 8.42 Å². The summed E-state index contributed by atoms with van der Waals surface area (Å²) in [5.41, 5.74) is 0. The number of amides is 1. The Labute approximate surface area is 134 Å². The van der Waals surface area contributed by atoms with Crippen molar-refractivity contribution in [3.05, 3.63) is 40.8 Å². The Hall–Kier alpha value is -1.53. The maximum atomic E-state index is 12.1. The Kier molecular flexibility index (Phi) is 4.14. The number of ether oxygens (including phenoxy) is 1. The highest BCUT2D eigenvalue weighted by molar-refractivity contribution is 7.94. The zero-order valence-corrected chi connectivity index (χ0v) is 13.4. The number of para-hydroxylation sites is 1. The second-order valence-corrected chi connectivity index (χ2v) is 7.93. The minimum atomic E-state index is -3.10. The molecule has 0 N–H and O–H groups in total. The molecule has 0 aliphatic carbocycles. The molecule has 2 aliphatic heterocycles. The zero-order chi connectivity index (χ0) is 15.7. The lowest BCUT2D eigenvalue weighted by Gasteiger charge is -2.39. The van der Waals surface area contributed by atoms with Crippen LogP contribution in [0, 0.1) is 5.92 Å². The average Bonchev–Trinajstić information content (AvgIpc) is 2.74. The van der Waals surface area contributed by atoms with Gasteiger partial charge in [0.15, 0.2) is 9.84 Å². The Balaban J connectivity index is 1.46. The van der Waals surface area contributed by atoms with Crippen LogP contribution >= 0.6 is 11.6 Å². The van der Waals surface area contributed by atoms with Gasteiger partial charge in [-0.1, -0.05) is 29.8 Å². The van der Waals surface area contributed by atoms with Crippen molar-refractivity contribution in [3.8, 4) is 5.75 Å². The number of carbonyl (C=O) groups is 1. The molecule has 22 heavy (non-hydrogen) atoms. The molecule has 1 aromatic carbocycles. The zero-order valence-electron chi connectivity index (χ0n) is 11.8. The molecule has 1 saturated heterocycles. The monoisotopic (exact) mass is 341 g/mol. The van der Waals surface area contributed by atoms with Gasteiger partial charge < -0.3 is 9.64 Å². The van der Waals surface area contributed by atoms with Crippen LogP contribution in [0.4, 0.5) is 0 Å². The van der Waals surface area contributed by atoms with E-state index >= 15 is 0 Å². The molecule has 0 bridgehead atoms. The molecule has 1 fully saturated rings. The third-order valence-corrected chi connectivity index (χ3v) is 5.55. The van der Waals surface area contributed by atoms with Crippen molar-refractivity contribution in [1.29, 1.82) is 0 Å². The summed E-state index contributed by atoms with van der Waals surface area (Å²) in [7, 11) is -3.10. The third kappa shape index (κ3) is 3.44. The number of halogens is 1. The summed E-state index contributed by atoms with van der Waals surface area (Å²) in [5, 5.41) is 1.75. The quantitative estimate of drug-likeness (QED) is 0.838. The number of hydrogen-bond donors (Lipinski definition) is 0. The maximum absolute atomic E-state index is 12.1. The van der Waals surface area contributed by atoms with E-state index in [-0.39, 0.29) is 30.1 Å². The van der Waals surface area contributed by atoms with Crippen LogP contribution in [0.25, 0.3) is 0 Å². The lowest BCUT2D eigenvalue weighted by molar-refractivity contribution is -0.140. The molecule has 2 heterocycles. The molecule has 7 heteroatoms. The van der Waals surface area contributed by atoms with Gasteiger partial charge in [0.25, 0.3) is 0 Å². The fraction of sp³-hybridized carbons (Fsp3) is 0.400. The van der Waals surface area contributed by atoms with Crippen molar-refractivity contribution in [1.82, 2.24) is 4.90 Å². The molecule has 0 saturated carbocycles. The number of hydrogen-bond acceptors (Lipinski definition) is 4. The fourth-order valence-electron chi connectivity index (χ4n) is 2.56. The number of sulfone groups is 1. The molecule has 1 atom stereocenters. The Morgan fingerprint density at radius 2 is 2.05 bits per heavy atom. The molecule has 0 aromatic heterocycles. The molecule has 5 nitrogen and oxygen atoms in total. The summed E-state index contributed by atoms with van der Waals surface area (Å²) in [5.74, 6) is 0.407. The number of likely N-dealkylation sites (tertiary alicyclic amines) is 1. The van der Waals surface area contributed by atoms with Crippen LogP contribution in [0.3, 0.4) is 0 Å². The second kappa shape index (κ2) is 5.93. The number of benzene rings is 1. The summed E-state index contributed by atoms with van der Waals surface area (Å²) in [4.78, 5) is 13.8. The predicted octanol–water partition coefficient (Wildman–Crippen LogP) is 1.88. The van der Waals surface area contributed by atoms with E-state index in [1.54, 1.807) is 23.1 Å². The Morgan fingerprint density at radius 3 is 2.68 bits per heavy atom. The molecule has 3 rings (SSSR count). The van der Waals surface area contributed by atoms with Crippen LogP contribution in [0.1, 0.15) is 6.42 Å². The third-order valence-electron chi connectivity index (χ3n) is 3.77. The average molecular weight is 342 g/mol. The van der Waals surface area contributed by atoms with Gasteiger partial charge in [0.05, 0.1) is 23.9 Å². The minimum absolute atomic E-state index is 0.0339. The largest absolute Gasteiger partial charge is 0.485 e. The Morgan fingerprint density at radius 1 is 1.32 bits per heavy atom.